The molecule has 120 valence electrons. The van der Waals surface area contributed by atoms with Gasteiger partial charge in [0.25, 0.3) is 0 Å². The maximum atomic E-state index is 5.52. The molecule has 0 fully saturated rings. The van der Waals surface area contributed by atoms with Crippen LogP contribution in [0.5, 0.6) is 5.75 Å². The van der Waals surface area contributed by atoms with Crippen molar-refractivity contribution in [2.24, 2.45) is 0 Å². The lowest BCUT2D eigenvalue weighted by molar-refractivity contribution is 0.340. The van der Waals surface area contributed by atoms with Gasteiger partial charge in [-0.15, -0.1) is 0 Å². The van der Waals surface area contributed by atoms with Crippen LogP contribution < -0.4 is 10.1 Å². The minimum absolute atomic E-state index is 0.424. The standard InChI is InChI=1S/C17H30N2OS/c1-5-11-18-17(14-21-13-12-19(3)4)15-7-9-16(10-8-15)20-6-2/h7-10,17-18H,5-6,11-14H2,1-4H3. The van der Waals surface area contributed by atoms with E-state index in [2.05, 4.69) is 55.5 Å². The topological polar surface area (TPSA) is 24.5 Å². The number of hydrogen-bond acceptors (Lipinski definition) is 4. The Morgan fingerprint density at radius 2 is 1.90 bits per heavy atom. The lowest BCUT2D eigenvalue weighted by atomic mass is 10.1. The van der Waals surface area contributed by atoms with Crippen molar-refractivity contribution >= 4 is 11.8 Å². The molecule has 0 aliphatic heterocycles. The van der Waals surface area contributed by atoms with E-state index in [-0.39, 0.29) is 0 Å². The first-order valence-corrected chi connectivity index (χ1v) is 9.01. The first kappa shape index (κ1) is 18.3. The van der Waals surface area contributed by atoms with Gasteiger partial charge in [0.2, 0.25) is 0 Å². The van der Waals surface area contributed by atoms with E-state index in [9.17, 15) is 0 Å². The molecule has 0 saturated carbocycles. The number of thioether (sulfide) groups is 1. The molecule has 1 aromatic rings. The van der Waals surface area contributed by atoms with Crippen molar-refractivity contribution in [3.8, 4) is 5.75 Å². The summed E-state index contributed by atoms with van der Waals surface area (Å²) in [5, 5.41) is 3.65. The Morgan fingerprint density at radius 3 is 2.48 bits per heavy atom. The van der Waals surface area contributed by atoms with Gasteiger partial charge < -0.3 is 15.0 Å². The molecule has 0 spiro atoms. The predicted molar refractivity (Wildman–Crippen MR) is 94.5 cm³/mol. The summed E-state index contributed by atoms with van der Waals surface area (Å²) in [4.78, 5) is 2.23. The van der Waals surface area contributed by atoms with Gasteiger partial charge in [-0.3, -0.25) is 0 Å². The summed E-state index contributed by atoms with van der Waals surface area (Å²) >= 11 is 2.01. The zero-order valence-corrected chi connectivity index (χ0v) is 14.7. The van der Waals surface area contributed by atoms with Crippen LogP contribution in [0.4, 0.5) is 0 Å². The lowest BCUT2D eigenvalue weighted by Crippen LogP contribution is -2.25. The molecule has 1 N–H and O–H groups in total. The quantitative estimate of drug-likeness (QED) is 0.633. The molecule has 1 aromatic carbocycles. The molecule has 0 heterocycles. The highest BCUT2D eigenvalue weighted by molar-refractivity contribution is 7.99. The van der Waals surface area contributed by atoms with Crippen LogP contribution >= 0.6 is 11.8 Å². The highest BCUT2D eigenvalue weighted by Crippen LogP contribution is 2.21. The van der Waals surface area contributed by atoms with E-state index in [1.807, 2.05) is 18.7 Å². The zero-order chi connectivity index (χ0) is 15.5. The molecule has 0 radical (unpaired) electrons. The molecule has 0 aliphatic rings. The Kier molecular flexibility index (Phi) is 9.55. The largest absolute Gasteiger partial charge is 0.494 e. The van der Waals surface area contributed by atoms with Gasteiger partial charge in [0.05, 0.1) is 6.61 Å². The molecule has 0 aromatic heterocycles. The van der Waals surface area contributed by atoms with Gasteiger partial charge in [-0.05, 0) is 51.7 Å². The molecule has 0 amide bonds. The van der Waals surface area contributed by atoms with E-state index >= 15 is 0 Å². The van der Waals surface area contributed by atoms with Gasteiger partial charge in [-0.2, -0.15) is 11.8 Å². The molecule has 0 bridgehead atoms. The number of rotatable bonds is 11. The first-order valence-electron chi connectivity index (χ1n) is 7.86. The average molecular weight is 311 g/mol. The van der Waals surface area contributed by atoms with Crippen molar-refractivity contribution < 1.29 is 4.74 Å². The number of hydrogen-bond donors (Lipinski definition) is 1. The van der Waals surface area contributed by atoms with Gasteiger partial charge in [0.15, 0.2) is 0 Å². The van der Waals surface area contributed by atoms with E-state index in [0.717, 1.165) is 37.6 Å². The summed E-state index contributed by atoms with van der Waals surface area (Å²) in [7, 11) is 4.25. The van der Waals surface area contributed by atoms with Gasteiger partial charge in [-0.1, -0.05) is 19.1 Å². The maximum absolute atomic E-state index is 5.52. The fourth-order valence-electron chi connectivity index (χ4n) is 2.00. The molecule has 4 heteroatoms. The van der Waals surface area contributed by atoms with Crippen molar-refractivity contribution in [1.29, 1.82) is 0 Å². The van der Waals surface area contributed by atoms with Crippen LogP contribution in [0.2, 0.25) is 0 Å². The van der Waals surface area contributed by atoms with Crippen LogP contribution in [0.25, 0.3) is 0 Å². The Hall–Kier alpha value is -0.710. The molecule has 1 unspecified atom stereocenters. The van der Waals surface area contributed by atoms with Crippen LogP contribution in [-0.4, -0.2) is 50.2 Å². The number of ether oxygens (including phenoxy) is 1. The van der Waals surface area contributed by atoms with Crippen molar-refractivity contribution in [1.82, 2.24) is 10.2 Å². The van der Waals surface area contributed by atoms with Crippen LogP contribution in [0.1, 0.15) is 31.9 Å². The predicted octanol–water partition coefficient (Wildman–Crippen LogP) is 3.42. The van der Waals surface area contributed by atoms with Gasteiger partial charge in [-0.25, -0.2) is 0 Å². The minimum Gasteiger partial charge on any atom is -0.494 e. The molecule has 1 rings (SSSR count). The summed E-state index contributed by atoms with van der Waals surface area (Å²) in [5.74, 6) is 3.24. The highest BCUT2D eigenvalue weighted by Gasteiger charge is 2.11. The van der Waals surface area contributed by atoms with Gasteiger partial charge in [0, 0.05) is 24.1 Å². The van der Waals surface area contributed by atoms with Crippen LogP contribution in [0.3, 0.4) is 0 Å². The number of benzene rings is 1. The maximum Gasteiger partial charge on any atom is 0.119 e. The molecular formula is C17H30N2OS. The Labute approximate surface area is 134 Å². The number of nitrogens with one attached hydrogen (secondary N) is 1. The van der Waals surface area contributed by atoms with E-state index < -0.39 is 0 Å². The Morgan fingerprint density at radius 1 is 1.19 bits per heavy atom. The molecule has 0 saturated heterocycles. The van der Waals surface area contributed by atoms with Crippen molar-refractivity contribution in [2.45, 2.75) is 26.3 Å². The van der Waals surface area contributed by atoms with Crippen molar-refractivity contribution in [2.75, 3.05) is 45.3 Å². The Balaban J connectivity index is 2.54. The van der Waals surface area contributed by atoms with Crippen molar-refractivity contribution in [3.05, 3.63) is 29.8 Å². The summed E-state index contributed by atoms with van der Waals surface area (Å²) in [5.41, 5.74) is 1.35. The normalized spacial score (nSPS) is 12.6. The van der Waals surface area contributed by atoms with E-state index in [4.69, 9.17) is 4.74 Å². The Bertz CT molecular complexity index is 368. The zero-order valence-electron chi connectivity index (χ0n) is 13.9. The van der Waals surface area contributed by atoms with Crippen molar-refractivity contribution in [3.63, 3.8) is 0 Å². The third-order valence-corrected chi connectivity index (χ3v) is 4.24. The highest BCUT2D eigenvalue weighted by atomic mass is 32.2. The SMILES string of the molecule is CCCNC(CSCCN(C)C)c1ccc(OCC)cc1. The van der Waals surface area contributed by atoms with Crippen LogP contribution in [0.15, 0.2) is 24.3 Å². The monoisotopic (exact) mass is 310 g/mol. The van der Waals surface area contributed by atoms with Gasteiger partial charge >= 0.3 is 0 Å². The molecule has 21 heavy (non-hydrogen) atoms. The molecular weight excluding hydrogens is 280 g/mol. The van der Waals surface area contributed by atoms with Crippen LogP contribution in [0, 0.1) is 0 Å². The third kappa shape index (κ3) is 7.74. The smallest absolute Gasteiger partial charge is 0.119 e. The van der Waals surface area contributed by atoms with E-state index in [1.54, 1.807) is 0 Å². The molecule has 0 aliphatic carbocycles. The average Bonchev–Trinajstić information content (AvgIpc) is 2.48. The molecule has 1 atom stereocenters. The third-order valence-electron chi connectivity index (χ3n) is 3.20. The summed E-state index contributed by atoms with van der Waals surface area (Å²) in [6.45, 7) is 7.14. The number of nitrogens with zero attached hydrogens (tertiary/aromatic N) is 1. The first-order chi connectivity index (χ1) is 10.2. The minimum atomic E-state index is 0.424. The van der Waals surface area contributed by atoms with Gasteiger partial charge in [0.1, 0.15) is 5.75 Å². The second kappa shape index (κ2) is 10.9. The second-order valence-electron chi connectivity index (χ2n) is 5.39. The molecule has 3 nitrogen and oxygen atoms in total. The van der Waals surface area contributed by atoms with E-state index in [0.29, 0.717) is 6.04 Å². The fourth-order valence-corrected chi connectivity index (χ4v) is 3.21. The summed E-state index contributed by atoms with van der Waals surface area (Å²) in [6, 6.07) is 8.94. The second-order valence-corrected chi connectivity index (χ2v) is 6.54. The summed E-state index contributed by atoms with van der Waals surface area (Å²) in [6.07, 6.45) is 1.16. The lowest BCUT2D eigenvalue weighted by Gasteiger charge is -2.19. The van der Waals surface area contributed by atoms with Crippen LogP contribution in [-0.2, 0) is 0 Å². The fraction of sp³-hybridized carbons (Fsp3) is 0.647. The summed E-state index contributed by atoms with van der Waals surface area (Å²) < 4.78 is 5.52. The van der Waals surface area contributed by atoms with E-state index in [1.165, 1.54) is 11.3 Å².